The van der Waals surface area contributed by atoms with Crippen molar-refractivity contribution in [2.75, 3.05) is 0 Å². The molecule has 2 nitrogen and oxygen atoms in total. The number of aromatic nitrogens is 2. The van der Waals surface area contributed by atoms with Gasteiger partial charge in [0.2, 0.25) is 0 Å². The van der Waals surface area contributed by atoms with Crippen LogP contribution < -0.4 is 0 Å². The van der Waals surface area contributed by atoms with Crippen molar-refractivity contribution in [2.24, 2.45) is 0 Å². The highest BCUT2D eigenvalue weighted by molar-refractivity contribution is 7.71. The van der Waals surface area contributed by atoms with Crippen molar-refractivity contribution in [1.29, 1.82) is 0 Å². The third kappa shape index (κ3) is 2.26. The maximum Gasteiger partial charge on any atom is 0.178 e. The van der Waals surface area contributed by atoms with Crippen LogP contribution >= 0.6 is 35.4 Å². The molecule has 0 fully saturated rings. The molecule has 0 radical (unpaired) electrons. The first kappa shape index (κ1) is 13.7. The number of halogens is 2. The lowest BCUT2D eigenvalue weighted by Crippen LogP contribution is -2.06. The van der Waals surface area contributed by atoms with E-state index >= 15 is 0 Å². The standard InChI is InChI=1S/C15H12Cl2N2S/c1-9(10-5-3-2-4-6-10)19-14-8-12(17)11(16)7-13(14)18-15(19)20/h2-9H,1H3,(H,18,20). The summed E-state index contributed by atoms with van der Waals surface area (Å²) in [5.41, 5.74) is 3.04. The van der Waals surface area contributed by atoms with Crippen molar-refractivity contribution in [3.63, 3.8) is 0 Å². The number of fused-ring (bicyclic) bond motifs is 1. The molecule has 0 saturated carbocycles. The molecular weight excluding hydrogens is 311 g/mol. The van der Waals surface area contributed by atoms with Crippen LogP contribution in [0.2, 0.25) is 10.0 Å². The summed E-state index contributed by atoms with van der Waals surface area (Å²) in [7, 11) is 0. The molecule has 102 valence electrons. The zero-order chi connectivity index (χ0) is 14.3. The second kappa shape index (κ2) is 5.24. The average Bonchev–Trinajstić information content (AvgIpc) is 2.75. The van der Waals surface area contributed by atoms with Crippen molar-refractivity contribution >= 4 is 46.5 Å². The van der Waals surface area contributed by atoms with Gasteiger partial charge in [-0.25, -0.2) is 0 Å². The van der Waals surface area contributed by atoms with Crippen LogP contribution in [0.4, 0.5) is 0 Å². The van der Waals surface area contributed by atoms with Gasteiger partial charge in [0.15, 0.2) is 4.77 Å². The van der Waals surface area contributed by atoms with Gasteiger partial charge in [0.05, 0.1) is 27.1 Å². The number of hydrogen-bond acceptors (Lipinski definition) is 1. The number of hydrogen-bond donors (Lipinski definition) is 1. The van der Waals surface area contributed by atoms with E-state index < -0.39 is 0 Å². The molecule has 0 saturated heterocycles. The number of aromatic amines is 1. The third-order valence-corrected chi connectivity index (χ3v) is 4.45. The maximum atomic E-state index is 6.13. The predicted molar refractivity (Wildman–Crippen MR) is 87.4 cm³/mol. The van der Waals surface area contributed by atoms with Crippen molar-refractivity contribution in [1.82, 2.24) is 9.55 Å². The van der Waals surface area contributed by atoms with E-state index in [1.54, 1.807) is 0 Å². The molecule has 5 heteroatoms. The van der Waals surface area contributed by atoms with Crippen molar-refractivity contribution < 1.29 is 0 Å². The Morgan fingerprint density at radius 3 is 2.45 bits per heavy atom. The fourth-order valence-corrected chi connectivity index (χ4v) is 3.07. The molecule has 1 N–H and O–H groups in total. The van der Waals surface area contributed by atoms with Crippen LogP contribution in [0.15, 0.2) is 42.5 Å². The van der Waals surface area contributed by atoms with Gasteiger partial charge in [0.1, 0.15) is 0 Å². The zero-order valence-corrected chi connectivity index (χ0v) is 13.1. The molecule has 1 atom stereocenters. The molecule has 3 rings (SSSR count). The Labute approximate surface area is 132 Å². The highest BCUT2D eigenvalue weighted by Gasteiger charge is 2.14. The van der Waals surface area contributed by atoms with Gasteiger partial charge < -0.3 is 9.55 Å². The second-order valence-corrected chi connectivity index (χ2v) is 5.87. The Balaban J connectivity index is 2.24. The van der Waals surface area contributed by atoms with Crippen molar-refractivity contribution in [2.45, 2.75) is 13.0 Å². The Morgan fingerprint density at radius 2 is 1.75 bits per heavy atom. The summed E-state index contributed by atoms with van der Waals surface area (Å²) in [5.74, 6) is 0. The molecule has 0 aliphatic heterocycles. The topological polar surface area (TPSA) is 20.7 Å². The Hall–Kier alpha value is -1.29. The van der Waals surface area contributed by atoms with Gasteiger partial charge in [-0.3, -0.25) is 0 Å². The largest absolute Gasteiger partial charge is 0.331 e. The lowest BCUT2D eigenvalue weighted by Gasteiger charge is -2.15. The van der Waals surface area contributed by atoms with Gasteiger partial charge in [0, 0.05) is 0 Å². The quantitative estimate of drug-likeness (QED) is 0.607. The average molecular weight is 323 g/mol. The first-order valence-corrected chi connectivity index (χ1v) is 7.38. The second-order valence-electron chi connectivity index (χ2n) is 4.67. The van der Waals surface area contributed by atoms with E-state index in [2.05, 4.69) is 28.6 Å². The van der Waals surface area contributed by atoms with E-state index in [1.807, 2.05) is 30.3 Å². The molecule has 0 bridgehead atoms. The molecule has 0 aliphatic carbocycles. The monoisotopic (exact) mass is 322 g/mol. The smallest absolute Gasteiger partial charge is 0.178 e. The highest BCUT2D eigenvalue weighted by atomic mass is 35.5. The number of H-pyrrole nitrogens is 1. The van der Waals surface area contributed by atoms with Crippen molar-refractivity contribution in [3.8, 4) is 0 Å². The fraction of sp³-hybridized carbons (Fsp3) is 0.133. The predicted octanol–water partition coefficient (Wildman–Crippen LogP) is 5.61. The molecule has 0 spiro atoms. The lowest BCUT2D eigenvalue weighted by atomic mass is 10.1. The van der Waals surface area contributed by atoms with Gasteiger partial charge >= 0.3 is 0 Å². The normalized spacial score (nSPS) is 12.8. The van der Waals surface area contributed by atoms with Crippen LogP contribution in [0.3, 0.4) is 0 Å². The SMILES string of the molecule is CC(c1ccccc1)n1c(=S)[nH]c2cc(Cl)c(Cl)cc21. The number of nitrogens with zero attached hydrogens (tertiary/aromatic N) is 1. The van der Waals surface area contributed by atoms with Gasteiger partial charge in [-0.05, 0) is 36.8 Å². The fourth-order valence-electron chi connectivity index (χ4n) is 2.39. The lowest BCUT2D eigenvalue weighted by molar-refractivity contribution is 0.649. The molecule has 1 aromatic heterocycles. The van der Waals surface area contributed by atoms with Gasteiger partial charge in [0.25, 0.3) is 0 Å². The van der Waals surface area contributed by atoms with E-state index in [1.165, 1.54) is 5.56 Å². The summed E-state index contributed by atoms with van der Waals surface area (Å²) < 4.78 is 2.72. The van der Waals surface area contributed by atoms with Crippen LogP contribution in [-0.2, 0) is 0 Å². The minimum absolute atomic E-state index is 0.120. The van der Waals surface area contributed by atoms with Gasteiger partial charge in [-0.2, -0.15) is 0 Å². The third-order valence-electron chi connectivity index (χ3n) is 3.43. The molecule has 0 aliphatic rings. The van der Waals surface area contributed by atoms with Crippen molar-refractivity contribution in [3.05, 3.63) is 62.8 Å². The summed E-state index contributed by atoms with van der Waals surface area (Å²) in [5, 5.41) is 1.05. The van der Waals surface area contributed by atoms with Crippen LogP contribution in [0.1, 0.15) is 18.5 Å². The summed E-state index contributed by atoms with van der Waals surface area (Å²) in [6, 6.07) is 14.0. The van der Waals surface area contributed by atoms with E-state index in [-0.39, 0.29) is 6.04 Å². The molecule has 1 heterocycles. The summed E-state index contributed by atoms with van der Waals surface area (Å²) in [6.45, 7) is 2.11. The Kier molecular flexibility index (Phi) is 3.59. The summed E-state index contributed by atoms with van der Waals surface area (Å²) in [6.07, 6.45) is 0. The zero-order valence-electron chi connectivity index (χ0n) is 10.7. The minimum atomic E-state index is 0.120. The Morgan fingerprint density at radius 1 is 1.10 bits per heavy atom. The van der Waals surface area contributed by atoms with Crippen LogP contribution in [0.25, 0.3) is 11.0 Å². The van der Waals surface area contributed by atoms with Crippen LogP contribution in [0, 0.1) is 4.77 Å². The van der Waals surface area contributed by atoms with Crippen LogP contribution in [0.5, 0.6) is 0 Å². The number of benzene rings is 2. The number of imidazole rings is 1. The first-order chi connectivity index (χ1) is 9.58. The molecule has 2 aromatic carbocycles. The minimum Gasteiger partial charge on any atom is -0.331 e. The van der Waals surface area contributed by atoms with Gasteiger partial charge in [-0.15, -0.1) is 0 Å². The van der Waals surface area contributed by atoms with E-state index in [9.17, 15) is 0 Å². The van der Waals surface area contributed by atoms with E-state index in [0.717, 1.165) is 11.0 Å². The maximum absolute atomic E-state index is 6.13. The molecule has 20 heavy (non-hydrogen) atoms. The van der Waals surface area contributed by atoms with E-state index in [4.69, 9.17) is 35.4 Å². The van der Waals surface area contributed by atoms with Crippen LogP contribution in [-0.4, -0.2) is 9.55 Å². The summed E-state index contributed by atoms with van der Waals surface area (Å²) >= 11 is 17.6. The summed E-state index contributed by atoms with van der Waals surface area (Å²) in [4.78, 5) is 3.18. The number of rotatable bonds is 2. The molecular formula is C15H12Cl2N2S. The molecule has 1 unspecified atom stereocenters. The first-order valence-electron chi connectivity index (χ1n) is 6.22. The highest BCUT2D eigenvalue weighted by Crippen LogP contribution is 2.30. The molecule has 3 aromatic rings. The molecule has 0 amide bonds. The Bertz CT molecular complexity index is 821. The van der Waals surface area contributed by atoms with Gasteiger partial charge in [-0.1, -0.05) is 53.5 Å². The number of nitrogens with one attached hydrogen (secondary N) is 1. The van der Waals surface area contributed by atoms with E-state index in [0.29, 0.717) is 14.8 Å².